The molecule has 2 fully saturated rings. The van der Waals surface area contributed by atoms with Crippen molar-refractivity contribution in [3.8, 4) is 11.5 Å². The minimum Gasteiger partial charge on any atom is -0.493 e. The van der Waals surface area contributed by atoms with Crippen molar-refractivity contribution in [2.45, 2.75) is 55.9 Å². The van der Waals surface area contributed by atoms with Gasteiger partial charge in [0, 0.05) is 28.5 Å². The number of nitrogens with one attached hydrogen (secondary N) is 2. The van der Waals surface area contributed by atoms with Crippen molar-refractivity contribution in [3.63, 3.8) is 0 Å². The van der Waals surface area contributed by atoms with Crippen LogP contribution < -0.4 is 20.1 Å². The quantitative estimate of drug-likeness (QED) is 0.418. The number of likely N-dealkylation sites (tertiary alicyclic amines) is 1. The van der Waals surface area contributed by atoms with Crippen molar-refractivity contribution >= 4 is 27.9 Å². The van der Waals surface area contributed by atoms with Crippen LogP contribution in [0.3, 0.4) is 0 Å². The molecular weight excluding hydrogens is 583 g/mol. The van der Waals surface area contributed by atoms with Crippen LogP contribution in [0.5, 0.6) is 11.5 Å². The second kappa shape index (κ2) is 12.9. The zero-order valence-electron chi connectivity index (χ0n) is 22.0. The van der Waals surface area contributed by atoms with Gasteiger partial charge in [0.15, 0.2) is 11.5 Å². The maximum absolute atomic E-state index is 12.6. The van der Waals surface area contributed by atoms with Crippen LogP contribution in [0.2, 0.25) is 0 Å². The first kappa shape index (κ1) is 30.6. The number of likely N-dealkylation sites (N-methyl/N-ethyl adjacent to an activating group) is 1. The summed E-state index contributed by atoms with van der Waals surface area (Å²) < 4.78 is 43.8. The number of ether oxygens (including phenoxy) is 2. The van der Waals surface area contributed by atoms with Crippen LogP contribution in [0.25, 0.3) is 0 Å². The zero-order chi connectivity index (χ0) is 28.8. The molecule has 8 nitrogen and oxygen atoms in total. The molecule has 2 aromatic carbocycles. The maximum atomic E-state index is 12.6. The van der Waals surface area contributed by atoms with E-state index in [4.69, 9.17) is 19.4 Å². The summed E-state index contributed by atoms with van der Waals surface area (Å²) in [6, 6.07) is 14.8. The predicted molar refractivity (Wildman–Crippen MR) is 143 cm³/mol. The molecule has 39 heavy (non-hydrogen) atoms. The van der Waals surface area contributed by atoms with E-state index in [1.165, 1.54) is 5.56 Å². The van der Waals surface area contributed by atoms with Gasteiger partial charge in [0.05, 0.1) is 14.2 Å². The van der Waals surface area contributed by atoms with Gasteiger partial charge in [-0.25, -0.2) is 9.59 Å². The van der Waals surface area contributed by atoms with Crippen LogP contribution in [-0.2, 0) is 16.8 Å². The van der Waals surface area contributed by atoms with E-state index >= 15 is 0 Å². The number of fused-ring (bicyclic) bond motifs is 1. The summed E-state index contributed by atoms with van der Waals surface area (Å²) in [4.78, 5) is 23.9. The minimum absolute atomic E-state index is 0.0837. The number of carbonyl (C=O) groups excluding carboxylic acids is 1. The van der Waals surface area contributed by atoms with Gasteiger partial charge in [-0.15, -0.1) is 0 Å². The number of carboxylic acid groups (broad SMARTS) is 1. The topological polar surface area (TPSA) is 100 Å². The summed E-state index contributed by atoms with van der Waals surface area (Å²) in [6.45, 7) is 1.58. The highest BCUT2D eigenvalue weighted by Gasteiger charge is 2.50. The minimum atomic E-state index is -5.08. The van der Waals surface area contributed by atoms with E-state index in [9.17, 15) is 18.0 Å². The van der Waals surface area contributed by atoms with Crippen LogP contribution in [0.15, 0.2) is 46.9 Å². The molecule has 1 aliphatic heterocycles. The number of urea groups is 1. The number of benzene rings is 2. The molecule has 4 rings (SSSR count). The molecule has 1 saturated carbocycles. The van der Waals surface area contributed by atoms with Gasteiger partial charge in [0.25, 0.3) is 0 Å². The van der Waals surface area contributed by atoms with Gasteiger partial charge in [-0.3, -0.25) is 0 Å². The van der Waals surface area contributed by atoms with Crippen LogP contribution >= 0.6 is 15.9 Å². The van der Waals surface area contributed by atoms with Gasteiger partial charge in [0.1, 0.15) is 0 Å². The number of hydrogen-bond donors (Lipinski definition) is 3. The van der Waals surface area contributed by atoms with Crippen molar-refractivity contribution in [2.75, 3.05) is 27.8 Å². The lowest BCUT2D eigenvalue weighted by Crippen LogP contribution is -2.53. The van der Waals surface area contributed by atoms with Gasteiger partial charge in [-0.05, 0) is 74.7 Å². The fourth-order valence-corrected chi connectivity index (χ4v) is 5.68. The number of aliphatic carboxylic acids is 1. The Labute approximate surface area is 234 Å². The second-order valence-corrected chi connectivity index (χ2v) is 10.6. The molecule has 2 amide bonds. The van der Waals surface area contributed by atoms with Crippen molar-refractivity contribution in [3.05, 3.63) is 58.1 Å². The van der Waals surface area contributed by atoms with Gasteiger partial charge >= 0.3 is 18.2 Å². The van der Waals surface area contributed by atoms with Crippen LogP contribution in [-0.4, -0.2) is 68.1 Å². The van der Waals surface area contributed by atoms with E-state index in [0.29, 0.717) is 12.6 Å². The number of rotatable bonds is 6. The average molecular weight is 616 g/mol. The Hall–Kier alpha value is -2.99. The normalized spacial score (nSPS) is 22.6. The van der Waals surface area contributed by atoms with Crippen molar-refractivity contribution in [1.82, 2.24) is 15.5 Å². The largest absolute Gasteiger partial charge is 0.493 e. The molecule has 3 atom stereocenters. The average Bonchev–Trinajstić information content (AvgIpc) is 3.24. The number of carbonyl (C=O) groups is 2. The number of amides is 2. The lowest BCUT2D eigenvalue weighted by Gasteiger charge is -2.45. The van der Waals surface area contributed by atoms with Crippen LogP contribution in [0.4, 0.5) is 18.0 Å². The molecule has 0 spiro atoms. The maximum Gasteiger partial charge on any atom is 0.490 e. The van der Waals surface area contributed by atoms with E-state index in [1.54, 1.807) is 14.2 Å². The summed E-state index contributed by atoms with van der Waals surface area (Å²) in [7, 11) is 5.55. The molecule has 1 heterocycles. The molecule has 2 aromatic rings. The van der Waals surface area contributed by atoms with Gasteiger partial charge < -0.3 is 30.1 Å². The number of nitrogens with zero attached hydrogens (tertiary/aromatic N) is 1. The number of halogens is 4. The smallest absolute Gasteiger partial charge is 0.490 e. The third-order valence-corrected chi connectivity index (χ3v) is 7.96. The van der Waals surface area contributed by atoms with E-state index in [-0.39, 0.29) is 17.5 Å². The molecule has 0 aromatic heterocycles. The number of methoxy groups -OCH3 is 2. The number of hydrogen-bond acceptors (Lipinski definition) is 5. The Bertz CT molecular complexity index is 1150. The molecule has 0 bridgehead atoms. The summed E-state index contributed by atoms with van der Waals surface area (Å²) in [5.41, 5.74) is 2.47. The molecule has 3 N–H and O–H groups in total. The predicted octanol–water partition coefficient (Wildman–Crippen LogP) is 5.09. The van der Waals surface area contributed by atoms with Gasteiger partial charge in [-0.2, -0.15) is 13.2 Å². The molecule has 1 aliphatic carbocycles. The summed E-state index contributed by atoms with van der Waals surface area (Å²) in [5.74, 6) is -1.22. The van der Waals surface area contributed by atoms with Crippen LogP contribution in [0.1, 0.15) is 36.8 Å². The molecular formula is C27H33BrF3N3O5. The highest BCUT2D eigenvalue weighted by molar-refractivity contribution is 9.10. The third kappa shape index (κ3) is 7.57. The Kier molecular flexibility index (Phi) is 10.1. The molecule has 3 unspecified atom stereocenters. The first-order valence-electron chi connectivity index (χ1n) is 12.4. The lowest BCUT2D eigenvalue weighted by molar-refractivity contribution is -0.192. The highest BCUT2D eigenvalue weighted by atomic mass is 79.9. The zero-order valence-corrected chi connectivity index (χ0v) is 23.6. The Morgan fingerprint density at radius 3 is 2.33 bits per heavy atom. The summed E-state index contributed by atoms with van der Waals surface area (Å²) in [6.07, 6.45) is -1.03. The number of alkyl halides is 3. The summed E-state index contributed by atoms with van der Waals surface area (Å²) in [5, 5.41) is 13.3. The first-order chi connectivity index (χ1) is 18.4. The molecule has 0 radical (unpaired) electrons. The van der Waals surface area contributed by atoms with Crippen LogP contribution in [0, 0.1) is 0 Å². The fourth-order valence-electron chi connectivity index (χ4n) is 5.42. The third-order valence-electron chi connectivity index (χ3n) is 7.43. The molecule has 2 aliphatic rings. The van der Waals surface area contributed by atoms with E-state index in [0.717, 1.165) is 53.8 Å². The molecule has 12 heteroatoms. The first-order valence-corrected chi connectivity index (χ1v) is 13.2. The van der Waals surface area contributed by atoms with Crippen molar-refractivity contribution in [1.29, 1.82) is 0 Å². The fraction of sp³-hybridized carbons (Fsp3) is 0.481. The standard InChI is InChI=1S/C25H32BrN3O3.C2HF3O2/c1-29-13-12-25(18-6-9-21(31-2)22(14-18)32-3)11-10-20(15-23(25)29)28-24(30)27-16-17-4-7-19(26)8-5-17;3-2(4,5)1(6)7/h4-9,14,20,23H,10-13,15-16H2,1-3H3,(H2,27,28,30);(H,6,7). The summed E-state index contributed by atoms with van der Waals surface area (Å²) >= 11 is 3.44. The van der Waals surface area contributed by atoms with E-state index < -0.39 is 12.1 Å². The molecule has 1 saturated heterocycles. The Morgan fingerprint density at radius 2 is 1.74 bits per heavy atom. The van der Waals surface area contributed by atoms with Crippen molar-refractivity contribution in [2.24, 2.45) is 0 Å². The molecule has 214 valence electrons. The van der Waals surface area contributed by atoms with Gasteiger partial charge in [0.2, 0.25) is 0 Å². The number of carboxylic acids is 1. The van der Waals surface area contributed by atoms with Crippen molar-refractivity contribution < 1.29 is 37.3 Å². The van der Waals surface area contributed by atoms with E-state index in [2.05, 4.69) is 50.6 Å². The lowest BCUT2D eigenvalue weighted by atomic mass is 9.65. The second-order valence-electron chi connectivity index (χ2n) is 9.70. The highest BCUT2D eigenvalue weighted by Crippen LogP contribution is 2.49. The monoisotopic (exact) mass is 615 g/mol. The van der Waals surface area contributed by atoms with Gasteiger partial charge in [-0.1, -0.05) is 34.1 Å². The van der Waals surface area contributed by atoms with E-state index in [1.807, 2.05) is 30.3 Å². The SMILES string of the molecule is COc1ccc(C23CCC(NC(=O)NCc4ccc(Br)cc4)CC2N(C)CC3)cc1OC.O=C(O)C(F)(F)F. The Balaban J connectivity index is 0.000000532. The Morgan fingerprint density at radius 1 is 1.10 bits per heavy atom.